The number of halogens is 4. The highest BCUT2D eigenvalue weighted by Gasteiger charge is 2.48. The van der Waals surface area contributed by atoms with Gasteiger partial charge >= 0.3 is 6.18 Å². The third-order valence-corrected chi connectivity index (χ3v) is 7.18. The van der Waals surface area contributed by atoms with E-state index >= 15 is 0 Å². The number of amides is 1. The standard InChI is InChI=1S/C26H24ClF3N6O3/c1-14-21(25(38)36(34(14)2)16-7-5-4-6-8-16)32-24(37)22-20(27)23-31-18(15-9-11-17(39-3)12-10-15)13-19(26(28,29)30)35(23)33-22/h4-12,18-19,31H,13H2,1-3H3,(H,32,37). The molecule has 2 unspecified atom stereocenters. The zero-order chi connectivity index (χ0) is 28.1. The highest BCUT2D eigenvalue weighted by Crippen LogP contribution is 2.46. The number of carbonyl (C=O) groups is 1. The van der Waals surface area contributed by atoms with Crippen molar-refractivity contribution in [3.05, 3.63) is 86.9 Å². The molecule has 3 heterocycles. The van der Waals surface area contributed by atoms with Crippen molar-refractivity contribution in [3.63, 3.8) is 0 Å². The third-order valence-electron chi connectivity index (χ3n) is 6.82. The number of para-hydroxylation sites is 1. The van der Waals surface area contributed by atoms with E-state index in [-0.39, 0.29) is 22.9 Å². The Balaban J connectivity index is 1.50. The second-order valence-electron chi connectivity index (χ2n) is 9.11. The first-order chi connectivity index (χ1) is 18.5. The first-order valence-corrected chi connectivity index (χ1v) is 12.3. The van der Waals surface area contributed by atoms with E-state index in [2.05, 4.69) is 15.7 Å². The molecule has 0 radical (unpaired) electrons. The van der Waals surface area contributed by atoms with Crippen molar-refractivity contribution in [2.45, 2.75) is 31.6 Å². The SMILES string of the molecule is COc1ccc(C2CC(C(F)(F)F)n3nc(C(=O)Nc4c(C)n(C)n(-c5ccccc5)c4=O)c(Cl)c3N2)cc1. The molecule has 39 heavy (non-hydrogen) atoms. The normalized spacial score (nSPS) is 16.9. The van der Waals surface area contributed by atoms with Gasteiger partial charge < -0.3 is 15.4 Å². The maximum atomic E-state index is 14.1. The number of hydrogen-bond donors (Lipinski definition) is 2. The fraction of sp³-hybridized carbons (Fsp3) is 0.269. The average Bonchev–Trinajstić information content (AvgIpc) is 3.36. The minimum Gasteiger partial charge on any atom is -0.497 e. The summed E-state index contributed by atoms with van der Waals surface area (Å²) >= 11 is 6.45. The van der Waals surface area contributed by atoms with Gasteiger partial charge in [0.2, 0.25) is 0 Å². The Labute approximate surface area is 225 Å². The lowest BCUT2D eigenvalue weighted by Gasteiger charge is -2.33. The highest BCUT2D eigenvalue weighted by molar-refractivity contribution is 6.36. The van der Waals surface area contributed by atoms with Crippen LogP contribution < -0.4 is 20.9 Å². The van der Waals surface area contributed by atoms with Crippen LogP contribution in [0.2, 0.25) is 5.02 Å². The number of carbonyl (C=O) groups excluding carboxylic acids is 1. The maximum absolute atomic E-state index is 14.1. The first kappa shape index (κ1) is 26.4. The van der Waals surface area contributed by atoms with E-state index in [0.717, 1.165) is 0 Å². The van der Waals surface area contributed by atoms with Crippen LogP contribution in [0.5, 0.6) is 5.75 Å². The molecule has 0 fully saturated rings. The smallest absolute Gasteiger partial charge is 0.410 e. The lowest BCUT2D eigenvalue weighted by molar-refractivity contribution is -0.173. The zero-order valence-corrected chi connectivity index (χ0v) is 21.8. The number of rotatable bonds is 5. The number of aromatic nitrogens is 4. The molecular formula is C26H24ClF3N6O3. The Hall–Kier alpha value is -4.19. The van der Waals surface area contributed by atoms with Crippen LogP contribution in [-0.2, 0) is 7.05 Å². The first-order valence-electron chi connectivity index (χ1n) is 11.9. The van der Waals surface area contributed by atoms with Crippen molar-refractivity contribution in [2.75, 3.05) is 17.7 Å². The van der Waals surface area contributed by atoms with Crippen molar-refractivity contribution in [1.82, 2.24) is 19.1 Å². The average molecular weight is 561 g/mol. The number of nitrogens with one attached hydrogen (secondary N) is 2. The van der Waals surface area contributed by atoms with Crippen LogP contribution in [0.15, 0.2) is 59.4 Å². The van der Waals surface area contributed by atoms with Crippen LogP contribution >= 0.6 is 11.6 Å². The van der Waals surface area contributed by atoms with Gasteiger partial charge in [-0.15, -0.1) is 0 Å². The van der Waals surface area contributed by atoms with Crippen LogP contribution in [0.4, 0.5) is 24.7 Å². The Kier molecular flexibility index (Phi) is 6.67. The summed E-state index contributed by atoms with van der Waals surface area (Å²) in [5.41, 5.74) is 0.609. The molecule has 1 aliphatic rings. The molecule has 4 aromatic rings. The fourth-order valence-electron chi connectivity index (χ4n) is 4.67. The molecule has 5 rings (SSSR count). The predicted octanol–water partition coefficient (Wildman–Crippen LogP) is 5.26. The van der Waals surface area contributed by atoms with Gasteiger partial charge in [-0.1, -0.05) is 41.9 Å². The van der Waals surface area contributed by atoms with E-state index in [9.17, 15) is 22.8 Å². The van der Waals surface area contributed by atoms with Crippen LogP contribution in [0.1, 0.15) is 40.3 Å². The molecule has 1 aliphatic heterocycles. The van der Waals surface area contributed by atoms with Crippen LogP contribution in [0.25, 0.3) is 5.69 Å². The number of alkyl halides is 3. The lowest BCUT2D eigenvalue weighted by Crippen LogP contribution is -2.35. The summed E-state index contributed by atoms with van der Waals surface area (Å²) in [6.07, 6.45) is -5.04. The molecule has 9 nitrogen and oxygen atoms in total. The lowest BCUT2D eigenvalue weighted by atomic mass is 9.97. The second kappa shape index (κ2) is 9.84. The predicted molar refractivity (Wildman–Crippen MR) is 140 cm³/mol. The summed E-state index contributed by atoms with van der Waals surface area (Å²) in [4.78, 5) is 26.4. The van der Waals surface area contributed by atoms with E-state index in [1.165, 1.54) is 11.8 Å². The number of anilines is 2. The summed E-state index contributed by atoms with van der Waals surface area (Å²) in [6.45, 7) is 1.64. The number of methoxy groups -OCH3 is 1. The van der Waals surface area contributed by atoms with Gasteiger partial charge in [-0.2, -0.15) is 18.3 Å². The van der Waals surface area contributed by atoms with E-state index in [0.29, 0.717) is 27.4 Å². The van der Waals surface area contributed by atoms with E-state index in [4.69, 9.17) is 16.3 Å². The molecular weight excluding hydrogens is 537 g/mol. The van der Waals surface area contributed by atoms with Gasteiger partial charge in [0.1, 0.15) is 22.3 Å². The zero-order valence-electron chi connectivity index (χ0n) is 21.1. The van der Waals surface area contributed by atoms with Crippen LogP contribution in [0.3, 0.4) is 0 Å². The fourth-order valence-corrected chi connectivity index (χ4v) is 4.94. The number of nitrogens with zero attached hydrogens (tertiary/aromatic N) is 4. The van der Waals surface area contributed by atoms with Gasteiger partial charge in [-0.05, 0) is 36.8 Å². The molecule has 204 valence electrons. The maximum Gasteiger partial charge on any atom is 0.410 e. The van der Waals surface area contributed by atoms with Crippen molar-refractivity contribution >= 4 is 29.0 Å². The molecule has 0 bridgehead atoms. The molecule has 2 aromatic carbocycles. The third kappa shape index (κ3) is 4.65. The number of fused-ring (bicyclic) bond motifs is 1. The van der Waals surface area contributed by atoms with Gasteiger partial charge in [-0.25, -0.2) is 9.36 Å². The Morgan fingerprint density at radius 1 is 1.15 bits per heavy atom. The summed E-state index contributed by atoms with van der Waals surface area (Å²) in [6, 6.07) is 12.6. The van der Waals surface area contributed by atoms with Crippen molar-refractivity contribution in [1.29, 1.82) is 0 Å². The molecule has 13 heteroatoms. The number of hydrogen-bond acceptors (Lipinski definition) is 5. The Morgan fingerprint density at radius 3 is 2.44 bits per heavy atom. The molecule has 0 saturated heterocycles. The summed E-state index contributed by atoms with van der Waals surface area (Å²) in [5.74, 6) is -0.481. The minimum absolute atomic E-state index is 0.0372. The molecule has 2 N–H and O–H groups in total. The van der Waals surface area contributed by atoms with Gasteiger partial charge in [0, 0.05) is 13.5 Å². The molecule has 1 amide bonds. The van der Waals surface area contributed by atoms with Gasteiger partial charge in [0.15, 0.2) is 11.7 Å². The van der Waals surface area contributed by atoms with Gasteiger partial charge in [0.05, 0.1) is 24.5 Å². The Bertz CT molecular complexity index is 1590. The van der Waals surface area contributed by atoms with Crippen molar-refractivity contribution < 1.29 is 22.7 Å². The van der Waals surface area contributed by atoms with Crippen LogP contribution in [0, 0.1) is 6.92 Å². The highest BCUT2D eigenvalue weighted by atomic mass is 35.5. The molecule has 0 saturated carbocycles. The van der Waals surface area contributed by atoms with Gasteiger partial charge in [-0.3, -0.25) is 14.3 Å². The quantitative estimate of drug-likeness (QED) is 0.347. The summed E-state index contributed by atoms with van der Waals surface area (Å²) < 4.78 is 51.1. The Morgan fingerprint density at radius 2 is 1.82 bits per heavy atom. The monoisotopic (exact) mass is 560 g/mol. The molecule has 0 aliphatic carbocycles. The van der Waals surface area contributed by atoms with Crippen molar-refractivity contribution in [3.8, 4) is 11.4 Å². The number of ether oxygens (including phenoxy) is 1. The number of benzene rings is 2. The van der Waals surface area contributed by atoms with Crippen LogP contribution in [-0.4, -0.2) is 38.3 Å². The minimum atomic E-state index is -4.66. The largest absolute Gasteiger partial charge is 0.497 e. The van der Waals surface area contributed by atoms with E-state index in [1.54, 1.807) is 73.3 Å². The van der Waals surface area contributed by atoms with E-state index in [1.807, 2.05) is 0 Å². The molecule has 2 aromatic heterocycles. The second-order valence-corrected chi connectivity index (χ2v) is 9.49. The van der Waals surface area contributed by atoms with E-state index < -0.39 is 35.4 Å². The topological polar surface area (TPSA) is 95.1 Å². The molecule has 0 spiro atoms. The molecule has 2 atom stereocenters. The summed E-state index contributed by atoms with van der Waals surface area (Å²) in [5, 5.41) is 9.17. The summed E-state index contributed by atoms with van der Waals surface area (Å²) in [7, 11) is 3.14. The van der Waals surface area contributed by atoms with Gasteiger partial charge in [0.25, 0.3) is 11.5 Å². The van der Waals surface area contributed by atoms with Crippen molar-refractivity contribution in [2.24, 2.45) is 7.05 Å².